The molecule has 6 heteroatoms. The van der Waals surface area contributed by atoms with Gasteiger partial charge in [-0.1, -0.05) is 127 Å². The zero-order chi connectivity index (χ0) is 38.3. The molecule has 0 saturated heterocycles. The number of carbonyl (C=O) groups excluding carboxylic acids is 2. The summed E-state index contributed by atoms with van der Waals surface area (Å²) < 4.78 is 22.8. The van der Waals surface area contributed by atoms with Gasteiger partial charge in [0.25, 0.3) is 0 Å². The number of rotatable bonds is 30. The maximum Gasteiger partial charge on any atom is 0.343 e. The Hall–Kier alpha value is -4.84. The van der Waals surface area contributed by atoms with Gasteiger partial charge in [-0.25, -0.2) is 9.59 Å². The minimum Gasteiger partial charge on any atom is -0.494 e. The molecule has 0 aliphatic rings. The number of unbranched alkanes of at least 4 members (excludes halogenated alkanes) is 16. The second-order valence-electron chi connectivity index (χ2n) is 13.6. The Kier molecular flexibility index (Phi) is 23.1. The lowest BCUT2D eigenvalue weighted by molar-refractivity contribution is 0.0719. The maximum absolute atomic E-state index is 12.7. The SMILES string of the molecule is C=C/C=C/CCCCCCCCCCOc1ccc(C(=O)Oc2ccc(OC(=O)c3ccc(OCCCCCCCCCC/C=C/C=C)cc3)cc2)cc1. The maximum atomic E-state index is 12.7. The third kappa shape index (κ3) is 19.8. The fraction of sp³-hybridized carbons (Fsp3) is 0.417. The molecule has 0 saturated carbocycles. The summed E-state index contributed by atoms with van der Waals surface area (Å²) in [7, 11) is 0. The Morgan fingerprint density at radius 3 is 1.04 bits per heavy atom. The van der Waals surface area contributed by atoms with E-state index in [1.807, 2.05) is 24.3 Å². The molecule has 0 spiro atoms. The average Bonchev–Trinajstić information content (AvgIpc) is 3.19. The molecule has 0 radical (unpaired) electrons. The van der Waals surface area contributed by atoms with Gasteiger partial charge in [0, 0.05) is 0 Å². The number of allylic oxidation sites excluding steroid dienone is 6. The standard InChI is InChI=1S/C48H62O6/c1-3-5-7-9-11-13-15-17-19-21-23-25-39-51-43-31-27-41(28-32-43)47(49)53-45-35-37-46(38-36-45)54-48(50)42-29-33-44(34-30-42)52-40-26-24-22-20-18-16-14-12-10-8-6-4-2/h3-8,27-38H,1-2,9-26,39-40H2/b7-5+,8-6+. The van der Waals surface area contributed by atoms with Gasteiger partial charge in [0.2, 0.25) is 0 Å². The summed E-state index contributed by atoms with van der Waals surface area (Å²) in [6.45, 7) is 8.71. The fourth-order valence-electron chi connectivity index (χ4n) is 5.90. The molecule has 0 aliphatic carbocycles. The second kappa shape index (κ2) is 28.6. The van der Waals surface area contributed by atoms with E-state index in [9.17, 15) is 9.59 Å². The summed E-state index contributed by atoms with van der Waals surface area (Å²) in [6.07, 6.45) is 34.0. The second-order valence-corrected chi connectivity index (χ2v) is 13.6. The van der Waals surface area contributed by atoms with Crippen molar-refractivity contribution in [3.63, 3.8) is 0 Å². The molecule has 0 unspecified atom stereocenters. The first-order valence-corrected chi connectivity index (χ1v) is 20.1. The number of benzene rings is 3. The molecule has 54 heavy (non-hydrogen) atoms. The van der Waals surface area contributed by atoms with Crippen molar-refractivity contribution < 1.29 is 28.5 Å². The molecule has 0 fully saturated rings. The van der Waals surface area contributed by atoms with Gasteiger partial charge in [0.05, 0.1) is 24.3 Å². The number of ether oxygens (including phenoxy) is 4. The smallest absolute Gasteiger partial charge is 0.343 e. The van der Waals surface area contributed by atoms with E-state index in [4.69, 9.17) is 18.9 Å². The Morgan fingerprint density at radius 2 is 0.704 bits per heavy atom. The van der Waals surface area contributed by atoms with Crippen LogP contribution in [0.3, 0.4) is 0 Å². The highest BCUT2D eigenvalue weighted by Gasteiger charge is 2.12. The van der Waals surface area contributed by atoms with E-state index in [-0.39, 0.29) is 0 Å². The first-order chi connectivity index (χ1) is 26.6. The van der Waals surface area contributed by atoms with Gasteiger partial charge in [-0.15, -0.1) is 0 Å². The largest absolute Gasteiger partial charge is 0.494 e. The van der Waals surface area contributed by atoms with Gasteiger partial charge in [-0.3, -0.25) is 0 Å². The van der Waals surface area contributed by atoms with Crippen LogP contribution in [0.5, 0.6) is 23.0 Å². The normalized spacial score (nSPS) is 11.1. The predicted molar refractivity (Wildman–Crippen MR) is 222 cm³/mol. The van der Waals surface area contributed by atoms with E-state index >= 15 is 0 Å². The Balaban J connectivity index is 1.24. The fourth-order valence-corrected chi connectivity index (χ4v) is 5.90. The first kappa shape index (κ1) is 43.6. The summed E-state index contributed by atoms with van der Waals surface area (Å²) in [5, 5.41) is 0. The van der Waals surface area contributed by atoms with Crippen LogP contribution in [0.1, 0.15) is 136 Å². The van der Waals surface area contributed by atoms with Crippen molar-refractivity contribution in [1.82, 2.24) is 0 Å². The average molecular weight is 735 g/mol. The van der Waals surface area contributed by atoms with Crippen LogP contribution in [-0.4, -0.2) is 25.2 Å². The van der Waals surface area contributed by atoms with E-state index in [0.29, 0.717) is 35.8 Å². The van der Waals surface area contributed by atoms with E-state index < -0.39 is 11.9 Å². The van der Waals surface area contributed by atoms with E-state index in [1.54, 1.807) is 72.8 Å². The van der Waals surface area contributed by atoms with Crippen LogP contribution in [0.2, 0.25) is 0 Å². The molecule has 0 amide bonds. The summed E-state index contributed by atoms with van der Waals surface area (Å²) >= 11 is 0. The molecule has 0 bridgehead atoms. The topological polar surface area (TPSA) is 71.1 Å². The molecule has 3 aromatic carbocycles. The highest BCUT2D eigenvalue weighted by Crippen LogP contribution is 2.22. The molecule has 3 aromatic rings. The van der Waals surface area contributed by atoms with E-state index in [2.05, 4.69) is 25.3 Å². The monoisotopic (exact) mass is 734 g/mol. The van der Waals surface area contributed by atoms with Crippen molar-refractivity contribution in [3.05, 3.63) is 134 Å². The minimum atomic E-state index is -0.475. The molecule has 0 N–H and O–H groups in total. The zero-order valence-corrected chi connectivity index (χ0v) is 32.4. The number of esters is 2. The van der Waals surface area contributed by atoms with Crippen LogP contribution in [0.15, 0.2) is 122 Å². The summed E-state index contributed by atoms with van der Waals surface area (Å²) in [5.74, 6) is 1.22. The van der Waals surface area contributed by atoms with E-state index in [0.717, 1.165) is 50.0 Å². The molecule has 6 nitrogen and oxygen atoms in total. The van der Waals surface area contributed by atoms with E-state index in [1.165, 1.54) is 77.0 Å². The quantitative estimate of drug-likeness (QED) is 0.0294. The van der Waals surface area contributed by atoms with Crippen LogP contribution in [0, 0.1) is 0 Å². The minimum absolute atomic E-state index is 0.352. The summed E-state index contributed by atoms with van der Waals surface area (Å²) in [5.41, 5.74) is 0.847. The molecule has 3 rings (SSSR count). The molecule has 0 aliphatic heterocycles. The van der Waals surface area contributed by atoms with Gasteiger partial charge < -0.3 is 18.9 Å². The first-order valence-electron chi connectivity index (χ1n) is 20.1. The number of carbonyl (C=O) groups is 2. The van der Waals surface area contributed by atoms with Crippen LogP contribution in [-0.2, 0) is 0 Å². The van der Waals surface area contributed by atoms with Gasteiger partial charge in [-0.2, -0.15) is 0 Å². The third-order valence-corrected chi connectivity index (χ3v) is 9.04. The highest BCUT2D eigenvalue weighted by molar-refractivity contribution is 5.92. The molecule has 0 atom stereocenters. The lowest BCUT2D eigenvalue weighted by Crippen LogP contribution is -2.09. The van der Waals surface area contributed by atoms with Crippen molar-refractivity contribution in [2.75, 3.05) is 13.2 Å². The van der Waals surface area contributed by atoms with Crippen molar-refractivity contribution in [1.29, 1.82) is 0 Å². The van der Waals surface area contributed by atoms with Crippen molar-refractivity contribution in [2.45, 2.75) is 116 Å². The molecule has 0 aromatic heterocycles. The van der Waals surface area contributed by atoms with Crippen molar-refractivity contribution >= 4 is 11.9 Å². The van der Waals surface area contributed by atoms with Crippen LogP contribution in [0.4, 0.5) is 0 Å². The lowest BCUT2D eigenvalue weighted by atomic mass is 10.1. The molecule has 290 valence electrons. The Bertz CT molecular complexity index is 1400. The Morgan fingerprint density at radius 1 is 0.407 bits per heavy atom. The molecular weight excluding hydrogens is 673 g/mol. The summed E-state index contributed by atoms with van der Waals surface area (Å²) in [6, 6.07) is 20.4. The zero-order valence-electron chi connectivity index (χ0n) is 32.4. The Labute approximate surface area is 325 Å². The highest BCUT2D eigenvalue weighted by atomic mass is 16.5. The predicted octanol–water partition coefficient (Wildman–Crippen LogP) is 13.4. The summed E-state index contributed by atoms with van der Waals surface area (Å²) in [4.78, 5) is 25.4. The van der Waals surface area contributed by atoms with Crippen LogP contribution in [0.25, 0.3) is 0 Å². The van der Waals surface area contributed by atoms with Gasteiger partial charge in [-0.05, 0) is 111 Å². The number of hydrogen-bond acceptors (Lipinski definition) is 6. The van der Waals surface area contributed by atoms with Crippen molar-refractivity contribution in [2.24, 2.45) is 0 Å². The van der Waals surface area contributed by atoms with Gasteiger partial charge in [0.1, 0.15) is 23.0 Å². The number of hydrogen-bond donors (Lipinski definition) is 0. The third-order valence-electron chi connectivity index (χ3n) is 9.04. The molecular formula is C48H62O6. The van der Waals surface area contributed by atoms with Gasteiger partial charge >= 0.3 is 11.9 Å². The van der Waals surface area contributed by atoms with Crippen molar-refractivity contribution in [3.8, 4) is 23.0 Å². The van der Waals surface area contributed by atoms with Crippen LogP contribution < -0.4 is 18.9 Å². The lowest BCUT2D eigenvalue weighted by Gasteiger charge is -2.09. The van der Waals surface area contributed by atoms with Crippen LogP contribution >= 0.6 is 0 Å². The van der Waals surface area contributed by atoms with Gasteiger partial charge in [0.15, 0.2) is 0 Å². The molecule has 0 heterocycles.